The number of pyridine rings is 1. The van der Waals surface area contributed by atoms with Gasteiger partial charge in [-0.15, -0.1) is 0 Å². The molecule has 2 rings (SSSR count). The number of aryl methyl sites for hydroxylation is 1. The number of nitrogens with two attached hydrogens (primary N) is 1. The summed E-state index contributed by atoms with van der Waals surface area (Å²) in [5.74, 6) is 0.467. The summed E-state index contributed by atoms with van der Waals surface area (Å²) in [4.78, 5) is 15.5. The zero-order valence-electron chi connectivity index (χ0n) is 9.40. The first-order valence-electron chi connectivity index (χ1n) is 5.53. The van der Waals surface area contributed by atoms with Crippen LogP contribution in [0.4, 0.5) is 5.69 Å². The van der Waals surface area contributed by atoms with E-state index in [9.17, 15) is 4.79 Å². The van der Waals surface area contributed by atoms with Crippen molar-refractivity contribution in [1.82, 2.24) is 4.98 Å². The van der Waals surface area contributed by atoms with Gasteiger partial charge < -0.3 is 10.5 Å². The predicted molar refractivity (Wildman–Crippen MR) is 61.0 cm³/mol. The highest BCUT2D eigenvalue weighted by atomic mass is 16.5. The van der Waals surface area contributed by atoms with Gasteiger partial charge in [0, 0.05) is 6.20 Å². The molecule has 0 radical (unpaired) electrons. The van der Waals surface area contributed by atoms with Crippen LogP contribution in [0.5, 0.6) is 0 Å². The average Bonchev–Trinajstić information content (AvgIpc) is 3.10. The second-order valence-corrected chi connectivity index (χ2v) is 4.23. The summed E-state index contributed by atoms with van der Waals surface area (Å²) in [7, 11) is 1.35. The van der Waals surface area contributed by atoms with Gasteiger partial charge in [0.2, 0.25) is 0 Å². The number of rotatable bonds is 4. The fraction of sp³-hybridized carbons (Fsp3) is 0.500. The van der Waals surface area contributed by atoms with E-state index in [-0.39, 0.29) is 0 Å². The largest absolute Gasteiger partial charge is 0.465 e. The van der Waals surface area contributed by atoms with Crippen molar-refractivity contribution in [2.75, 3.05) is 12.8 Å². The minimum absolute atomic E-state index is 0.395. The molecule has 1 aliphatic carbocycles. The van der Waals surface area contributed by atoms with E-state index in [1.165, 1.54) is 26.1 Å². The molecule has 4 heteroatoms. The number of aromatic nitrogens is 1. The normalized spacial score (nSPS) is 14.8. The van der Waals surface area contributed by atoms with Crippen LogP contribution >= 0.6 is 0 Å². The van der Waals surface area contributed by atoms with Crippen LogP contribution in [0.15, 0.2) is 12.3 Å². The molecule has 0 unspecified atom stereocenters. The first-order chi connectivity index (χ1) is 7.70. The van der Waals surface area contributed by atoms with Crippen LogP contribution in [0.25, 0.3) is 0 Å². The number of methoxy groups -OCH3 is 1. The van der Waals surface area contributed by atoms with Crippen molar-refractivity contribution >= 4 is 11.7 Å². The van der Waals surface area contributed by atoms with Crippen molar-refractivity contribution in [2.45, 2.75) is 25.7 Å². The summed E-state index contributed by atoms with van der Waals surface area (Å²) in [6.07, 6.45) is 6.25. The van der Waals surface area contributed by atoms with Crippen molar-refractivity contribution in [3.63, 3.8) is 0 Å². The van der Waals surface area contributed by atoms with E-state index in [1.807, 2.05) is 0 Å². The minimum atomic E-state index is -0.395. The molecular formula is C12H16N2O2. The molecule has 2 N–H and O–H groups in total. The van der Waals surface area contributed by atoms with Gasteiger partial charge in [-0.05, 0) is 24.8 Å². The molecule has 1 saturated carbocycles. The third-order valence-electron chi connectivity index (χ3n) is 2.91. The van der Waals surface area contributed by atoms with Gasteiger partial charge in [0.15, 0.2) is 0 Å². The number of carbonyl (C=O) groups excluding carboxylic acids is 1. The summed E-state index contributed by atoms with van der Waals surface area (Å²) in [5.41, 5.74) is 7.74. The Bertz CT molecular complexity index is 400. The molecule has 16 heavy (non-hydrogen) atoms. The summed E-state index contributed by atoms with van der Waals surface area (Å²) in [6.45, 7) is 0. The fourth-order valence-electron chi connectivity index (χ4n) is 1.70. The SMILES string of the molecule is COC(=O)c1cnc(CCC2CC2)c(N)c1. The van der Waals surface area contributed by atoms with Crippen LogP contribution in [-0.2, 0) is 11.2 Å². The zero-order chi connectivity index (χ0) is 11.5. The summed E-state index contributed by atoms with van der Waals surface area (Å²) < 4.78 is 4.60. The monoisotopic (exact) mass is 220 g/mol. The van der Waals surface area contributed by atoms with Crippen LogP contribution in [-0.4, -0.2) is 18.1 Å². The molecule has 0 amide bonds. The van der Waals surface area contributed by atoms with Gasteiger partial charge in [-0.25, -0.2) is 4.79 Å². The molecule has 1 aromatic rings. The van der Waals surface area contributed by atoms with Gasteiger partial charge in [-0.2, -0.15) is 0 Å². The quantitative estimate of drug-likeness (QED) is 0.786. The Morgan fingerprint density at radius 1 is 1.62 bits per heavy atom. The highest BCUT2D eigenvalue weighted by molar-refractivity contribution is 5.90. The van der Waals surface area contributed by atoms with Crippen LogP contribution in [0.2, 0.25) is 0 Å². The molecular weight excluding hydrogens is 204 g/mol. The third-order valence-corrected chi connectivity index (χ3v) is 2.91. The molecule has 1 aromatic heterocycles. The van der Waals surface area contributed by atoms with Crippen molar-refractivity contribution in [2.24, 2.45) is 5.92 Å². The molecule has 0 bridgehead atoms. The lowest BCUT2D eigenvalue weighted by molar-refractivity contribution is 0.0600. The Kier molecular flexibility index (Phi) is 3.08. The van der Waals surface area contributed by atoms with Crippen LogP contribution in [0.3, 0.4) is 0 Å². The lowest BCUT2D eigenvalue weighted by Gasteiger charge is -2.06. The maximum Gasteiger partial charge on any atom is 0.339 e. The van der Waals surface area contributed by atoms with Gasteiger partial charge in [-0.1, -0.05) is 12.8 Å². The Morgan fingerprint density at radius 3 is 2.94 bits per heavy atom. The first-order valence-corrected chi connectivity index (χ1v) is 5.53. The van der Waals surface area contributed by atoms with Crippen LogP contribution in [0.1, 0.15) is 35.3 Å². The topological polar surface area (TPSA) is 65.2 Å². The Hall–Kier alpha value is -1.58. The summed E-state index contributed by atoms with van der Waals surface area (Å²) >= 11 is 0. The van der Waals surface area contributed by atoms with E-state index < -0.39 is 5.97 Å². The summed E-state index contributed by atoms with van der Waals surface area (Å²) in [5, 5.41) is 0. The molecule has 0 atom stereocenters. The number of esters is 1. The molecule has 1 heterocycles. The van der Waals surface area contributed by atoms with E-state index in [0.29, 0.717) is 11.3 Å². The standard InChI is InChI=1S/C12H16N2O2/c1-16-12(15)9-6-10(13)11(14-7-9)5-4-8-2-3-8/h6-8H,2-5,13H2,1H3. The van der Waals surface area contributed by atoms with Gasteiger partial charge in [0.05, 0.1) is 24.1 Å². The average molecular weight is 220 g/mol. The van der Waals surface area contributed by atoms with E-state index in [4.69, 9.17) is 5.73 Å². The van der Waals surface area contributed by atoms with Gasteiger partial charge in [0.25, 0.3) is 0 Å². The number of hydrogen-bond acceptors (Lipinski definition) is 4. The number of hydrogen-bond donors (Lipinski definition) is 1. The second-order valence-electron chi connectivity index (χ2n) is 4.23. The minimum Gasteiger partial charge on any atom is -0.465 e. The highest BCUT2D eigenvalue weighted by Crippen LogP contribution is 2.33. The van der Waals surface area contributed by atoms with Crippen LogP contribution in [0, 0.1) is 5.92 Å². The lowest BCUT2D eigenvalue weighted by atomic mass is 10.1. The predicted octanol–water partition coefficient (Wildman–Crippen LogP) is 1.79. The number of carbonyl (C=O) groups is 1. The second kappa shape index (κ2) is 4.51. The maximum atomic E-state index is 11.2. The number of ether oxygens (including phenoxy) is 1. The van der Waals surface area contributed by atoms with E-state index in [1.54, 1.807) is 6.07 Å². The Morgan fingerprint density at radius 2 is 2.38 bits per heavy atom. The maximum absolute atomic E-state index is 11.2. The Balaban J connectivity index is 2.05. The van der Waals surface area contributed by atoms with Crippen LogP contribution < -0.4 is 5.73 Å². The smallest absolute Gasteiger partial charge is 0.339 e. The lowest BCUT2D eigenvalue weighted by Crippen LogP contribution is -2.06. The molecule has 0 spiro atoms. The van der Waals surface area contributed by atoms with E-state index in [2.05, 4.69) is 9.72 Å². The van der Waals surface area contributed by atoms with Gasteiger partial charge in [-0.3, -0.25) is 4.98 Å². The zero-order valence-corrected chi connectivity index (χ0v) is 9.40. The van der Waals surface area contributed by atoms with Crippen molar-refractivity contribution in [3.05, 3.63) is 23.5 Å². The number of nitrogen functional groups attached to an aromatic ring is 1. The fourth-order valence-corrected chi connectivity index (χ4v) is 1.70. The molecule has 0 aliphatic heterocycles. The first kappa shape index (κ1) is 10.9. The van der Waals surface area contributed by atoms with Gasteiger partial charge >= 0.3 is 5.97 Å². The molecule has 0 saturated heterocycles. The number of anilines is 1. The highest BCUT2D eigenvalue weighted by Gasteiger charge is 2.21. The molecule has 86 valence electrons. The third kappa shape index (κ3) is 2.51. The summed E-state index contributed by atoms with van der Waals surface area (Å²) in [6, 6.07) is 1.64. The van der Waals surface area contributed by atoms with E-state index >= 15 is 0 Å². The van der Waals surface area contributed by atoms with Gasteiger partial charge in [0.1, 0.15) is 0 Å². The molecule has 1 aliphatic rings. The molecule has 4 nitrogen and oxygen atoms in total. The Labute approximate surface area is 94.8 Å². The molecule has 0 aromatic carbocycles. The van der Waals surface area contributed by atoms with E-state index in [0.717, 1.165) is 24.5 Å². The van der Waals surface area contributed by atoms with Crippen molar-refractivity contribution in [3.8, 4) is 0 Å². The van der Waals surface area contributed by atoms with Crippen molar-refractivity contribution in [1.29, 1.82) is 0 Å². The molecule has 1 fully saturated rings. The van der Waals surface area contributed by atoms with Crippen molar-refractivity contribution < 1.29 is 9.53 Å². The number of nitrogens with zero attached hydrogens (tertiary/aromatic N) is 1.